The summed E-state index contributed by atoms with van der Waals surface area (Å²) in [5, 5.41) is 2.47. The molecule has 1 aromatic heterocycles. The normalized spacial score (nSPS) is 10.8. The van der Waals surface area contributed by atoms with Crippen molar-refractivity contribution in [2.45, 2.75) is 6.43 Å². The lowest BCUT2D eigenvalue weighted by molar-refractivity contribution is 0.0214. The van der Waals surface area contributed by atoms with Crippen LogP contribution in [0, 0.1) is 11.6 Å². The molecule has 1 rings (SSSR count). The molecular weight excluding hydrogens is 256 g/mol. The van der Waals surface area contributed by atoms with Crippen molar-refractivity contribution in [2.24, 2.45) is 5.84 Å². The van der Waals surface area contributed by atoms with Crippen LogP contribution < -0.4 is 16.6 Å². The van der Waals surface area contributed by atoms with Crippen molar-refractivity contribution in [1.29, 1.82) is 0 Å². The molecule has 0 saturated heterocycles. The van der Waals surface area contributed by atoms with Gasteiger partial charge in [0.25, 0.3) is 6.43 Å². The number of anilines is 2. The smallest absolute Gasteiger partial charge is 0.261 e. The third-order valence-electron chi connectivity index (χ3n) is 1.85. The van der Waals surface area contributed by atoms with Gasteiger partial charge in [0.2, 0.25) is 0 Å². The molecule has 4 N–H and O–H groups in total. The number of alkyl halides is 2. The predicted octanol–water partition coefficient (Wildman–Crippen LogP) is 1.34. The zero-order valence-corrected chi connectivity index (χ0v) is 9.22. The highest BCUT2D eigenvalue weighted by Gasteiger charge is 2.10. The lowest BCUT2D eigenvalue weighted by Crippen LogP contribution is -2.16. The van der Waals surface area contributed by atoms with Gasteiger partial charge in [-0.05, 0) is 0 Å². The van der Waals surface area contributed by atoms with Crippen LogP contribution in [0.1, 0.15) is 0 Å². The van der Waals surface area contributed by atoms with Crippen LogP contribution in [-0.2, 0) is 4.74 Å². The third kappa shape index (κ3) is 4.34. The summed E-state index contributed by atoms with van der Waals surface area (Å²) in [6.07, 6.45) is -2.56. The first-order chi connectivity index (χ1) is 8.54. The van der Waals surface area contributed by atoms with Crippen LogP contribution in [0.25, 0.3) is 0 Å². The van der Waals surface area contributed by atoms with E-state index in [9.17, 15) is 17.6 Å². The summed E-state index contributed by atoms with van der Waals surface area (Å²) < 4.78 is 54.2. The van der Waals surface area contributed by atoms with Gasteiger partial charge in [-0.3, -0.25) is 0 Å². The molecule has 0 amide bonds. The van der Waals surface area contributed by atoms with Crippen molar-refractivity contribution in [3.05, 3.63) is 17.7 Å². The molecule has 0 aliphatic heterocycles. The van der Waals surface area contributed by atoms with Crippen LogP contribution in [0.15, 0.2) is 6.07 Å². The molecule has 0 radical (unpaired) electrons. The Labute approximate surface area is 100 Å². The molecular formula is C9H12F4N4O. The Morgan fingerprint density at radius 2 is 1.94 bits per heavy atom. The van der Waals surface area contributed by atoms with Crippen LogP contribution >= 0.6 is 0 Å². The first-order valence-electron chi connectivity index (χ1n) is 4.97. The van der Waals surface area contributed by atoms with Gasteiger partial charge in [-0.2, -0.15) is 0 Å². The number of nitrogen functional groups attached to an aromatic ring is 1. The van der Waals surface area contributed by atoms with E-state index in [0.29, 0.717) is 6.07 Å². The van der Waals surface area contributed by atoms with E-state index in [-0.39, 0.29) is 24.8 Å². The number of pyridine rings is 1. The van der Waals surface area contributed by atoms with Gasteiger partial charge >= 0.3 is 0 Å². The van der Waals surface area contributed by atoms with Gasteiger partial charge in [0, 0.05) is 12.6 Å². The fourth-order valence-electron chi connectivity index (χ4n) is 1.11. The summed E-state index contributed by atoms with van der Waals surface area (Å²) in [6.45, 7) is -0.711. The van der Waals surface area contributed by atoms with Gasteiger partial charge in [0.15, 0.2) is 23.3 Å². The first-order valence-corrected chi connectivity index (χ1v) is 4.97. The van der Waals surface area contributed by atoms with Crippen LogP contribution in [0.3, 0.4) is 0 Å². The Kier molecular flexibility index (Phi) is 5.59. The van der Waals surface area contributed by atoms with Gasteiger partial charge < -0.3 is 15.5 Å². The quantitative estimate of drug-likeness (QED) is 0.301. The second-order valence-electron chi connectivity index (χ2n) is 3.19. The van der Waals surface area contributed by atoms with Crippen molar-refractivity contribution in [3.8, 4) is 0 Å². The molecule has 0 spiro atoms. The van der Waals surface area contributed by atoms with E-state index in [2.05, 4.69) is 15.0 Å². The number of nitrogens with one attached hydrogen (secondary N) is 2. The zero-order chi connectivity index (χ0) is 13.5. The molecule has 102 valence electrons. The molecule has 0 bridgehead atoms. The number of nitrogens with two attached hydrogens (primary N) is 1. The SMILES string of the molecule is NNc1nc(NCCOCC(F)F)c(F)cc1F. The predicted molar refractivity (Wildman–Crippen MR) is 57.3 cm³/mol. The van der Waals surface area contributed by atoms with Gasteiger partial charge in [-0.25, -0.2) is 28.4 Å². The summed E-state index contributed by atoms with van der Waals surface area (Å²) >= 11 is 0. The molecule has 0 aliphatic carbocycles. The second kappa shape index (κ2) is 6.97. The fraction of sp³-hybridized carbons (Fsp3) is 0.444. The minimum absolute atomic E-state index is 0.0479. The highest BCUT2D eigenvalue weighted by Crippen LogP contribution is 2.17. The first kappa shape index (κ1) is 14.5. The van der Waals surface area contributed by atoms with E-state index < -0.39 is 24.7 Å². The Morgan fingerprint density at radius 3 is 2.56 bits per heavy atom. The van der Waals surface area contributed by atoms with Crippen molar-refractivity contribution in [2.75, 3.05) is 30.5 Å². The number of aromatic nitrogens is 1. The Balaban J connectivity index is 2.47. The number of hydrogen-bond acceptors (Lipinski definition) is 5. The Hall–Kier alpha value is -1.61. The van der Waals surface area contributed by atoms with E-state index in [4.69, 9.17) is 5.84 Å². The minimum atomic E-state index is -2.56. The van der Waals surface area contributed by atoms with Crippen molar-refractivity contribution < 1.29 is 22.3 Å². The van der Waals surface area contributed by atoms with E-state index in [0.717, 1.165) is 0 Å². The molecule has 9 heteroatoms. The molecule has 0 aromatic carbocycles. The van der Waals surface area contributed by atoms with E-state index in [1.165, 1.54) is 0 Å². The van der Waals surface area contributed by atoms with E-state index in [1.54, 1.807) is 0 Å². The van der Waals surface area contributed by atoms with Crippen LogP contribution in [0.4, 0.5) is 29.2 Å². The van der Waals surface area contributed by atoms with Crippen molar-refractivity contribution >= 4 is 11.6 Å². The van der Waals surface area contributed by atoms with Crippen LogP contribution in [-0.4, -0.2) is 31.2 Å². The molecule has 0 unspecified atom stereocenters. The van der Waals surface area contributed by atoms with Gasteiger partial charge in [-0.1, -0.05) is 0 Å². The number of rotatable bonds is 7. The Bertz CT molecular complexity index is 391. The molecule has 0 aliphatic rings. The number of hydrogen-bond donors (Lipinski definition) is 3. The average Bonchev–Trinajstić information content (AvgIpc) is 2.30. The number of halogens is 4. The molecule has 1 aromatic rings. The number of ether oxygens (including phenoxy) is 1. The molecule has 18 heavy (non-hydrogen) atoms. The Morgan fingerprint density at radius 1 is 1.28 bits per heavy atom. The summed E-state index contributed by atoms with van der Waals surface area (Å²) in [5.41, 5.74) is 1.96. The largest absolute Gasteiger partial charge is 0.374 e. The number of nitrogens with zero attached hydrogens (tertiary/aromatic N) is 1. The van der Waals surface area contributed by atoms with Crippen LogP contribution in [0.5, 0.6) is 0 Å². The third-order valence-corrected chi connectivity index (χ3v) is 1.85. The van der Waals surface area contributed by atoms with Crippen molar-refractivity contribution in [3.63, 3.8) is 0 Å². The maximum Gasteiger partial charge on any atom is 0.261 e. The van der Waals surface area contributed by atoms with E-state index >= 15 is 0 Å². The maximum absolute atomic E-state index is 13.2. The summed E-state index contributed by atoms with van der Waals surface area (Å²) in [5.74, 6) is 2.54. The minimum Gasteiger partial charge on any atom is -0.374 e. The molecule has 0 atom stereocenters. The molecule has 1 heterocycles. The highest BCUT2D eigenvalue weighted by molar-refractivity contribution is 5.46. The van der Waals surface area contributed by atoms with E-state index in [1.807, 2.05) is 5.43 Å². The monoisotopic (exact) mass is 268 g/mol. The number of hydrazine groups is 1. The summed E-state index contributed by atoms with van der Waals surface area (Å²) in [6, 6.07) is 0.602. The van der Waals surface area contributed by atoms with Gasteiger partial charge in [-0.15, -0.1) is 0 Å². The lowest BCUT2D eigenvalue weighted by atomic mass is 10.4. The standard InChI is InChI=1S/C9H12F4N4O/c10-5-3-6(11)9(17-14)16-8(5)15-1-2-18-4-7(12)13/h3,7H,1-2,4,14H2,(H2,15,16,17). The lowest BCUT2D eigenvalue weighted by Gasteiger charge is -2.09. The molecule has 0 saturated carbocycles. The molecule has 5 nitrogen and oxygen atoms in total. The van der Waals surface area contributed by atoms with Crippen molar-refractivity contribution in [1.82, 2.24) is 4.98 Å². The summed E-state index contributed by atoms with van der Waals surface area (Å²) in [7, 11) is 0. The second-order valence-corrected chi connectivity index (χ2v) is 3.19. The van der Waals surface area contributed by atoms with Gasteiger partial charge in [0.1, 0.15) is 6.61 Å². The fourth-order valence-corrected chi connectivity index (χ4v) is 1.11. The molecule has 0 fully saturated rings. The highest BCUT2D eigenvalue weighted by atomic mass is 19.3. The van der Waals surface area contributed by atoms with Crippen LogP contribution in [0.2, 0.25) is 0 Å². The topological polar surface area (TPSA) is 72.2 Å². The average molecular weight is 268 g/mol. The zero-order valence-electron chi connectivity index (χ0n) is 9.22. The summed E-state index contributed by atoms with van der Waals surface area (Å²) in [4.78, 5) is 3.52. The van der Waals surface area contributed by atoms with Gasteiger partial charge in [0.05, 0.1) is 6.61 Å². The maximum atomic E-state index is 13.2.